The lowest BCUT2D eigenvalue weighted by Crippen LogP contribution is -1.78. The SMILES string of the molecule is Nc1o[nH]c(=S)c1S. The molecule has 0 unspecified atom stereocenters. The van der Waals surface area contributed by atoms with E-state index in [1.54, 1.807) is 0 Å². The van der Waals surface area contributed by atoms with Crippen molar-refractivity contribution in [3.8, 4) is 0 Å². The van der Waals surface area contributed by atoms with Crippen LogP contribution in [0.4, 0.5) is 5.88 Å². The van der Waals surface area contributed by atoms with Crippen LogP contribution in [0.5, 0.6) is 0 Å². The number of thiol groups is 1. The van der Waals surface area contributed by atoms with Crippen molar-refractivity contribution in [3.05, 3.63) is 4.64 Å². The number of nitrogen functional groups attached to an aromatic ring is 1. The highest BCUT2D eigenvalue weighted by atomic mass is 32.1. The van der Waals surface area contributed by atoms with E-state index in [2.05, 4.69) is 34.5 Å². The third kappa shape index (κ3) is 0.740. The van der Waals surface area contributed by atoms with Gasteiger partial charge in [-0.1, -0.05) is 12.2 Å². The number of nitrogens with two attached hydrogens (primary N) is 1. The second-order valence-corrected chi connectivity index (χ2v) is 2.10. The van der Waals surface area contributed by atoms with Crippen molar-refractivity contribution in [1.29, 1.82) is 0 Å². The van der Waals surface area contributed by atoms with Gasteiger partial charge in [0.1, 0.15) is 4.90 Å². The molecule has 5 heteroatoms. The Hall–Kier alpha value is -0.420. The average molecular weight is 148 g/mol. The maximum atomic E-state index is 5.20. The van der Waals surface area contributed by atoms with Crippen LogP contribution >= 0.6 is 24.8 Å². The lowest BCUT2D eigenvalue weighted by molar-refractivity contribution is 0.433. The van der Waals surface area contributed by atoms with Gasteiger partial charge in [-0.15, -0.1) is 12.6 Å². The van der Waals surface area contributed by atoms with E-state index in [0.717, 1.165) is 0 Å². The van der Waals surface area contributed by atoms with Crippen LogP contribution in [0.25, 0.3) is 0 Å². The molecule has 3 N–H and O–H groups in total. The first kappa shape index (κ1) is 5.71. The van der Waals surface area contributed by atoms with E-state index in [4.69, 9.17) is 5.73 Å². The van der Waals surface area contributed by atoms with E-state index in [9.17, 15) is 0 Å². The molecule has 1 heterocycles. The predicted molar refractivity (Wildman–Crippen MR) is 35.6 cm³/mol. The Morgan fingerprint density at radius 3 is 2.50 bits per heavy atom. The Balaban J connectivity index is 3.41. The summed E-state index contributed by atoms with van der Waals surface area (Å²) in [6.45, 7) is 0. The molecule has 0 saturated carbocycles. The fraction of sp³-hybridized carbons (Fsp3) is 0. The van der Waals surface area contributed by atoms with Gasteiger partial charge in [-0.25, -0.2) is 5.16 Å². The summed E-state index contributed by atoms with van der Waals surface area (Å²) in [6.07, 6.45) is 0. The van der Waals surface area contributed by atoms with Gasteiger partial charge >= 0.3 is 0 Å². The smallest absolute Gasteiger partial charge is 0.234 e. The van der Waals surface area contributed by atoms with Crippen molar-refractivity contribution in [2.24, 2.45) is 0 Å². The van der Waals surface area contributed by atoms with Crippen LogP contribution < -0.4 is 5.73 Å². The molecule has 0 fully saturated rings. The molecule has 0 aliphatic heterocycles. The molecule has 0 bridgehead atoms. The minimum Gasteiger partial charge on any atom is -0.367 e. The molecule has 0 aliphatic rings. The molecular formula is C3H4N2OS2. The second kappa shape index (κ2) is 1.83. The highest BCUT2D eigenvalue weighted by Gasteiger charge is 1.97. The number of hydrogen-bond donors (Lipinski definition) is 3. The Bertz CT molecular complexity index is 238. The second-order valence-electron chi connectivity index (χ2n) is 1.25. The molecule has 3 nitrogen and oxygen atoms in total. The monoisotopic (exact) mass is 148 g/mol. The number of aromatic nitrogens is 1. The summed E-state index contributed by atoms with van der Waals surface area (Å²) in [5, 5.41) is 2.38. The lowest BCUT2D eigenvalue weighted by Gasteiger charge is -1.76. The van der Waals surface area contributed by atoms with Crippen molar-refractivity contribution in [3.63, 3.8) is 0 Å². The van der Waals surface area contributed by atoms with Crippen LogP contribution in [0.2, 0.25) is 0 Å². The highest BCUT2D eigenvalue weighted by Crippen LogP contribution is 2.15. The van der Waals surface area contributed by atoms with E-state index in [1.807, 2.05) is 0 Å². The van der Waals surface area contributed by atoms with Gasteiger partial charge in [-0.3, -0.25) is 0 Å². The normalized spacial score (nSPS) is 9.62. The zero-order valence-corrected chi connectivity index (χ0v) is 5.55. The summed E-state index contributed by atoms with van der Waals surface area (Å²) in [4.78, 5) is 0.500. The van der Waals surface area contributed by atoms with Gasteiger partial charge in [-0.05, 0) is 0 Å². The minimum absolute atomic E-state index is 0.235. The van der Waals surface area contributed by atoms with Crippen LogP contribution in [0.15, 0.2) is 9.42 Å². The van der Waals surface area contributed by atoms with Crippen molar-refractivity contribution < 1.29 is 4.52 Å². The van der Waals surface area contributed by atoms with Gasteiger partial charge in [0, 0.05) is 0 Å². The number of hydrogen-bond acceptors (Lipinski definition) is 4. The first-order valence-corrected chi connectivity index (χ1v) is 2.73. The molecule has 1 rings (SSSR count). The molecule has 0 saturated heterocycles. The van der Waals surface area contributed by atoms with Crippen molar-refractivity contribution >= 4 is 30.7 Å². The Morgan fingerprint density at radius 1 is 1.75 bits per heavy atom. The number of nitrogens with one attached hydrogen (secondary N) is 1. The quantitative estimate of drug-likeness (QED) is 0.383. The van der Waals surface area contributed by atoms with Crippen LogP contribution in [-0.4, -0.2) is 5.16 Å². The van der Waals surface area contributed by atoms with Crippen LogP contribution in [0.3, 0.4) is 0 Å². The van der Waals surface area contributed by atoms with Crippen LogP contribution in [0.1, 0.15) is 0 Å². The van der Waals surface area contributed by atoms with Crippen molar-refractivity contribution in [1.82, 2.24) is 5.16 Å². The first-order valence-electron chi connectivity index (χ1n) is 1.87. The van der Waals surface area contributed by atoms with Gasteiger partial charge < -0.3 is 10.3 Å². The third-order valence-electron chi connectivity index (χ3n) is 0.702. The van der Waals surface area contributed by atoms with Gasteiger partial charge in [0.05, 0.1) is 0 Å². The van der Waals surface area contributed by atoms with E-state index in [-0.39, 0.29) is 5.88 Å². The number of anilines is 1. The summed E-state index contributed by atoms with van der Waals surface area (Å²) in [5.74, 6) is 0.235. The molecule has 1 aromatic heterocycles. The molecular weight excluding hydrogens is 144 g/mol. The molecule has 0 aliphatic carbocycles. The predicted octanol–water partition coefficient (Wildman–Crippen LogP) is 1.21. The summed E-state index contributed by atoms with van der Waals surface area (Å²) < 4.78 is 5.00. The lowest BCUT2D eigenvalue weighted by atomic mass is 10.7. The van der Waals surface area contributed by atoms with Gasteiger partial charge in [0.2, 0.25) is 5.88 Å². The Labute approximate surface area is 56.3 Å². The Morgan fingerprint density at radius 2 is 2.38 bits per heavy atom. The summed E-state index contributed by atoms with van der Waals surface area (Å²) in [7, 11) is 0. The van der Waals surface area contributed by atoms with Crippen LogP contribution in [-0.2, 0) is 0 Å². The largest absolute Gasteiger partial charge is 0.367 e. The van der Waals surface area contributed by atoms with E-state index >= 15 is 0 Å². The van der Waals surface area contributed by atoms with Gasteiger partial charge in [0.15, 0.2) is 4.64 Å². The maximum absolute atomic E-state index is 5.20. The zero-order valence-electron chi connectivity index (χ0n) is 3.84. The molecule has 0 atom stereocenters. The fourth-order valence-electron chi connectivity index (χ4n) is 0.310. The number of aromatic amines is 1. The minimum atomic E-state index is 0.235. The standard InChI is InChI=1S/C3H4N2OS2/c4-2-1(7)3(8)5-6-2/h7H,4H2,(H,5,8). The van der Waals surface area contributed by atoms with E-state index in [1.165, 1.54) is 0 Å². The highest BCUT2D eigenvalue weighted by molar-refractivity contribution is 7.81. The zero-order chi connectivity index (χ0) is 6.15. The first-order chi connectivity index (χ1) is 3.72. The molecule has 1 aromatic rings. The molecule has 0 aromatic carbocycles. The Kier molecular flexibility index (Phi) is 1.31. The van der Waals surface area contributed by atoms with Crippen molar-refractivity contribution in [2.75, 3.05) is 5.73 Å². The summed E-state index contributed by atoms with van der Waals surface area (Å²) >= 11 is 8.58. The third-order valence-corrected chi connectivity index (χ3v) is 1.58. The fourth-order valence-corrected chi connectivity index (χ4v) is 0.543. The van der Waals surface area contributed by atoms with Crippen LogP contribution in [0, 0.1) is 4.64 Å². The molecule has 0 amide bonds. The number of rotatable bonds is 0. The van der Waals surface area contributed by atoms with Gasteiger partial charge in [0.25, 0.3) is 0 Å². The number of H-pyrrole nitrogens is 1. The van der Waals surface area contributed by atoms with Crippen molar-refractivity contribution in [2.45, 2.75) is 4.90 Å². The summed E-state index contributed by atoms with van der Waals surface area (Å²) in [5.41, 5.74) is 5.20. The molecule has 8 heavy (non-hydrogen) atoms. The molecule has 0 spiro atoms. The molecule has 44 valence electrons. The van der Waals surface area contributed by atoms with Gasteiger partial charge in [-0.2, -0.15) is 0 Å². The topological polar surface area (TPSA) is 54.9 Å². The average Bonchev–Trinajstić information content (AvgIpc) is 1.98. The summed E-state index contributed by atoms with van der Waals surface area (Å²) in [6, 6.07) is 0. The maximum Gasteiger partial charge on any atom is 0.234 e. The van der Waals surface area contributed by atoms with E-state index in [0.29, 0.717) is 9.54 Å². The van der Waals surface area contributed by atoms with E-state index < -0.39 is 0 Å². The molecule has 0 radical (unpaired) electrons.